The summed E-state index contributed by atoms with van der Waals surface area (Å²) in [6.45, 7) is 2.17. The molecule has 3 aromatic rings. The molecule has 0 fully saturated rings. The molecule has 0 radical (unpaired) electrons. The van der Waals surface area contributed by atoms with E-state index < -0.39 is 23.3 Å². The number of rotatable bonds is 5. The third kappa shape index (κ3) is 3.81. The first-order valence-corrected chi connectivity index (χ1v) is 10.1. The zero-order valence-electron chi connectivity index (χ0n) is 16.3. The number of hydrogen-bond acceptors (Lipinski definition) is 0. The van der Waals surface area contributed by atoms with Crippen LogP contribution in [-0.4, -0.2) is 0 Å². The second-order valence-corrected chi connectivity index (χ2v) is 7.68. The van der Waals surface area contributed by atoms with Crippen LogP contribution in [0.1, 0.15) is 42.9 Å². The molecular weight excluding hydrogens is 376 g/mol. The van der Waals surface area contributed by atoms with Crippen molar-refractivity contribution in [1.82, 2.24) is 0 Å². The van der Waals surface area contributed by atoms with Gasteiger partial charge in [-0.1, -0.05) is 38.0 Å². The smallest absolute Gasteiger partial charge is 0.137 e. The van der Waals surface area contributed by atoms with Crippen molar-refractivity contribution < 1.29 is 17.6 Å². The molecule has 150 valence electrons. The molecule has 1 aliphatic carbocycles. The summed E-state index contributed by atoms with van der Waals surface area (Å²) in [5, 5.41) is 0. The van der Waals surface area contributed by atoms with Crippen LogP contribution in [0.3, 0.4) is 0 Å². The molecule has 0 saturated heterocycles. The Kier molecular flexibility index (Phi) is 5.44. The summed E-state index contributed by atoms with van der Waals surface area (Å²) >= 11 is 0. The summed E-state index contributed by atoms with van der Waals surface area (Å²) in [6.07, 6.45) is 5.55. The van der Waals surface area contributed by atoms with Gasteiger partial charge in [-0.3, -0.25) is 0 Å². The topological polar surface area (TPSA) is 0 Å². The predicted octanol–water partition coefficient (Wildman–Crippen LogP) is 7.41. The molecule has 4 rings (SSSR count). The van der Waals surface area contributed by atoms with Gasteiger partial charge in [0.2, 0.25) is 0 Å². The van der Waals surface area contributed by atoms with Crippen LogP contribution in [0.4, 0.5) is 17.6 Å². The van der Waals surface area contributed by atoms with Gasteiger partial charge in [0, 0.05) is 6.07 Å². The van der Waals surface area contributed by atoms with Gasteiger partial charge in [0.25, 0.3) is 0 Å². The molecule has 0 saturated carbocycles. The van der Waals surface area contributed by atoms with E-state index in [1.54, 1.807) is 0 Å². The van der Waals surface area contributed by atoms with Gasteiger partial charge in [-0.05, 0) is 77.3 Å². The van der Waals surface area contributed by atoms with Gasteiger partial charge in [-0.25, -0.2) is 17.6 Å². The zero-order valence-corrected chi connectivity index (χ0v) is 16.3. The van der Waals surface area contributed by atoms with Gasteiger partial charge in [-0.15, -0.1) is 0 Å². The first-order valence-electron chi connectivity index (χ1n) is 10.1. The van der Waals surface area contributed by atoms with Crippen LogP contribution in [0.2, 0.25) is 0 Å². The largest absolute Gasteiger partial charge is 0.207 e. The standard InChI is InChI=1S/C25H22F4/c1-2-3-4-5-15-6-8-20-16(10-15)7-9-21-22(20)14-23(28)24(25(21)29)17-11-18(26)13-19(27)12-17/h6,8,10-14H,2-5,7,9H2,1H3. The van der Waals surface area contributed by atoms with Crippen molar-refractivity contribution in [2.45, 2.75) is 45.4 Å². The summed E-state index contributed by atoms with van der Waals surface area (Å²) in [5.74, 6) is -3.27. The summed E-state index contributed by atoms with van der Waals surface area (Å²) < 4.78 is 57.3. The highest BCUT2D eigenvalue weighted by Gasteiger charge is 2.25. The number of hydrogen-bond donors (Lipinski definition) is 0. The molecular formula is C25H22F4. The fourth-order valence-electron chi connectivity index (χ4n) is 4.22. The van der Waals surface area contributed by atoms with Crippen LogP contribution >= 0.6 is 0 Å². The molecule has 3 aromatic carbocycles. The van der Waals surface area contributed by atoms with Crippen molar-refractivity contribution in [1.29, 1.82) is 0 Å². The van der Waals surface area contributed by atoms with Crippen LogP contribution in [-0.2, 0) is 19.3 Å². The molecule has 0 bridgehead atoms. The number of unbranched alkanes of at least 4 members (excludes halogenated alkanes) is 2. The Labute approximate surface area is 168 Å². The Hall–Kier alpha value is -2.62. The van der Waals surface area contributed by atoms with Gasteiger partial charge in [0.15, 0.2) is 0 Å². The molecule has 0 amide bonds. The third-order valence-corrected chi connectivity index (χ3v) is 5.64. The van der Waals surface area contributed by atoms with Crippen LogP contribution in [0.15, 0.2) is 42.5 Å². The molecule has 1 aliphatic rings. The van der Waals surface area contributed by atoms with Crippen LogP contribution < -0.4 is 0 Å². The average Bonchev–Trinajstić information content (AvgIpc) is 2.67. The molecule has 0 N–H and O–H groups in total. The fraction of sp³-hybridized carbons (Fsp3) is 0.280. The lowest BCUT2D eigenvalue weighted by molar-refractivity contribution is 0.572. The van der Waals surface area contributed by atoms with Crippen molar-refractivity contribution in [3.05, 3.63) is 82.4 Å². The zero-order chi connectivity index (χ0) is 20.5. The second-order valence-electron chi connectivity index (χ2n) is 7.68. The molecule has 0 heterocycles. The molecule has 0 nitrogen and oxygen atoms in total. The molecule has 4 heteroatoms. The average molecular weight is 398 g/mol. The third-order valence-electron chi connectivity index (χ3n) is 5.64. The van der Waals surface area contributed by atoms with Gasteiger partial charge in [0.05, 0.1) is 5.56 Å². The minimum Gasteiger partial charge on any atom is -0.207 e. The van der Waals surface area contributed by atoms with E-state index in [-0.39, 0.29) is 11.1 Å². The van der Waals surface area contributed by atoms with Gasteiger partial charge in [-0.2, -0.15) is 0 Å². The minimum absolute atomic E-state index is 0.127. The van der Waals surface area contributed by atoms with Crippen molar-refractivity contribution in [2.24, 2.45) is 0 Å². The highest BCUT2D eigenvalue weighted by Crippen LogP contribution is 2.40. The number of benzene rings is 3. The molecule has 0 aliphatic heterocycles. The Morgan fingerprint density at radius 3 is 2.28 bits per heavy atom. The maximum atomic E-state index is 15.3. The van der Waals surface area contributed by atoms with Crippen molar-refractivity contribution in [3.8, 4) is 22.3 Å². The molecule has 0 unspecified atom stereocenters. The van der Waals surface area contributed by atoms with E-state index in [1.165, 1.54) is 18.1 Å². The number of fused-ring (bicyclic) bond motifs is 3. The van der Waals surface area contributed by atoms with E-state index in [0.717, 1.165) is 42.5 Å². The Morgan fingerprint density at radius 1 is 0.793 bits per heavy atom. The van der Waals surface area contributed by atoms with E-state index in [2.05, 4.69) is 13.0 Å². The van der Waals surface area contributed by atoms with Crippen molar-refractivity contribution in [3.63, 3.8) is 0 Å². The van der Waals surface area contributed by atoms with Crippen LogP contribution in [0.25, 0.3) is 22.3 Å². The Balaban J connectivity index is 1.76. The predicted molar refractivity (Wildman–Crippen MR) is 108 cm³/mol. The monoisotopic (exact) mass is 398 g/mol. The summed E-state index contributed by atoms with van der Waals surface area (Å²) in [5.41, 5.74) is 3.60. The minimum atomic E-state index is -0.863. The normalized spacial score (nSPS) is 12.6. The van der Waals surface area contributed by atoms with E-state index in [0.29, 0.717) is 30.0 Å². The SMILES string of the molecule is CCCCCc1ccc2c(c1)CCc1c-2cc(F)c(-c2cc(F)cc(F)c2)c1F. The van der Waals surface area contributed by atoms with Gasteiger partial charge in [0.1, 0.15) is 23.3 Å². The molecule has 29 heavy (non-hydrogen) atoms. The maximum absolute atomic E-state index is 15.3. The van der Waals surface area contributed by atoms with Crippen LogP contribution in [0.5, 0.6) is 0 Å². The first kappa shape index (κ1) is 19.7. The highest BCUT2D eigenvalue weighted by molar-refractivity contribution is 5.78. The molecule has 0 aromatic heterocycles. The van der Waals surface area contributed by atoms with Crippen molar-refractivity contribution >= 4 is 0 Å². The second kappa shape index (κ2) is 8.02. The Morgan fingerprint density at radius 2 is 1.55 bits per heavy atom. The lowest BCUT2D eigenvalue weighted by atomic mass is 9.82. The fourth-order valence-corrected chi connectivity index (χ4v) is 4.22. The van der Waals surface area contributed by atoms with Gasteiger partial charge >= 0.3 is 0 Å². The first-order chi connectivity index (χ1) is 14.0. The number of aryl methyl sites for hydroxylation is 2. The molecule has 0 spiro atoms. The lowest BCUT2D eigenvalue weighted by Gasteiger charge is -2.23. The van der Waals surface area contributed by atoms with E-state index in [9.17, 15) is 13.2 Å². The van der Waals surface area contributed by atoms with E-state index >= 15 is 4.39 Å². The molecule has 0 atom stereocenters. The number of halogens is 4. The highest BCUT2D eigenvalue weighted by atomic mass is 19.1. The summed E-state index contributed by atoms with van der Waals surface area (Å²) in [4.78, 5) is 0. The van der Waals surface area contributed by atoms with E-state index in [4.69, 9.17) is 0 Å². The van der Waals surface area contributed by atoms with Gasteiger partial charge < -0.3 is 0 Å². The van der Waals surface area contributed by atoms with E-state index in [1.807, 2.05) is 12.1 Å². The summed E-state index contributed by atoms with van der Waals surface area (Å²) in [6, 6.07) is 9.99. The lowest BCUT2D eigenvalue weighted by Crippen LogP contribution is -2.09. The quantitative estimate of drug-likeness (QED) is 0.310. The Bertz CT molecular complexity index is 1050. The van der Waals surface area contributed by atoms with Crippen LogP contribution in [0, 0.1) is 23.3 Å². The van der Waals surface area contributed by atoms with Crippen molar-refractivity contribution in [2.75, 3.05) is 0 Å². The summed E-state index contributed by atoms with van der Waals surface area (Å²) in [7, 11) is 0. The maximum Gasteiger partial charge on any atom is 0.137 e.